The lowest BCUT2D eigenvalue weighted by atomic mass is 10.0. The van der Waals surface area contributed by atoms with E-state index in [0.29, 0.717) is 31.6 Å². The summed E-state index contributed by atoms with van der Waals surface area (Å²) < 4.78 is 19.1. The largest absolute Gasteiger partial charge is 0.383 e. The van der Waals surface area contributed by atoms with E-state index in [-0.39, 0.29) is 11.7 Å². The van der Waals surface area contributed by atoms with E-state index in [1.54, 1.807) is 24.5 Å². The van der Waals surface area contributed by atoms with Crippen LogP contribution in [0.4, 0.5) is 4.39 Å². The molecule has 0 N–H and O–H groups in total. The van der Waals surface area contributed by atoms with Gasteiger partial charge in [-0.1, -0.05) is 29.8 Å². The summed E-state index contributed by atoms with van der Waals surface area (Å²) in [5.41, 5.74) is 5.37. The number of amides is 1. The zero-order valence-corrected chi connectivity index (χ0v) is 19.0. The summed E-state index contributed by atoms with van der Waals surface area (Å²) >= 11 is 1.58. The van der Waals surface area contributed by atoms with Gasteiger partial charge in [0.2, 0.25) is 5.91 Å². The standard InChI is InChI=1S/C26H25FN2O2S/c1-18-3-5-20(6-4-18)26-22(14-21-7-8-23(27)15-24(21)28-26)16-29(10-11-31-2)25(30)13-19-9-12-32-17-19/h3-9,12,14-15,17H,10-11,13,16H2,1-2H3. The van der Waals surface area contributed by atoms with Crippen molar-refractivity contribution in [1.29, 1.82) is 0 Å². The molecule has 2 aromatic carbocycles. The number of benzene rings is 2. The minimum Gasteiger partial charge on any atom is -0.383 e. The van der Waals surface area contributed by atoms with Crippen LogP contribution in [0.5, 0.6) is 0 Å². The van der Waals surface area contributed by atoms with E-state index in [2.05, 4.69) is 0 Å². The molecule has 32 heavy (non-hydrogen) atoms. The van der Waals surface area contributed by atoms with Crippen LogP contribution in [0.2, 0.25) is 0 Å². The molecule has 0 saturated carbocycles. The Kier molecular flexibility index (Phi) is 6.93. The quantitative estimate of drug-likeness (QED) is 0.351. The molecule has 6 heteroatoms. The summed E-state index contributed by atoms with van der Waals surface area (Å²) in [5, 5.41) is 4.81. The Labute approximate surface area is 191 Å². The van der Waals surface area contributed by atoms with Crippen LogP contribution < -0.4 is 0 Å². The van der Waals surface area contributed by atoms with Crippen LogP contribution in [0.15, 0.2) is 65.4 Å². The van der Waals surface area contributed by atoms with E-state index in [1.165, 1.54) is 12.1 Å². The van der Waals surface area contributed by atoms with Crippen molar-refractivity contribution < 1.29 is 13.9 Å². The topological polar surface area (TPSA) is 42.4 Å². The highest BCUT2D eigenvalue weighted by atomic mass is 32.1. The third kappa shape index (κ3) is 5.21. The molecular weight excluding hydrogens is 423 g/mol. The normalized spacial score (nSPS) is 11.1. The fourth-order valence-electron chi connectivity index (χ4n) is 3.64. The molecule has 4 rings (SSSR count). The zero-order valence-electron chi connectivity index (χ0n) is 18.2. The Morgan fingerprint density at radius 3 is 2.66 bits per heavy atom. The molecule has 1 amide bonds. The predicted octanol–water partition coefficient (Wildman–Crippen LogP) is 5.63. The predicted molar refractivity (Wildman–Crippen MR) is 127 cm³/mol. The second kappa shape index (κ2) is 10.0. The highest BCUT2D eigenvalue weighted by Crippen LogP contribution is 2.28. The van der Waals surface area contributed by atoms with Crippen LogP contribution in [0.3, 0.4) is 0 Å². The minimum absolute atomic E-state index is 0.0366. The SMILES string of the molecule is COCCN(Cc1cc2ccc(F)cc2nc1-c1ccc(C)cc1)C(=O)Cc1ccsc1. The summed E-state index contributed by atoms with van der Waals surface area (Å²) in [5.74, 6) is -0.283. The van der Waals surface area contributed by atoms with Gasteiger partial charge in [-0.3, -0.25) is 4.79 Å². The van der Waals surface area contributed by atoms with Gasteiger partial charge in [-0.25, -0.2) is 9.37 Å². The van der Waals surface area contributed by atoms with Crippen molar-refractivity contribution in [3.63, 3.8) is 0 Å². The lowest BCUT2D eigenvalue weighted by Gasteiger charge is -2.24. The molecular formula is C26H25FN2O2S. The lowest BCUT2D eigenvalue weighted by Crippen LogP contribution is -2.34. The number of hydrogen-bond donors (Lipinski definition) is 0. The number of nitrogens with zero attached hydrogens (tertiary/aromatic N) is 2. The van der Waals surface area contributed by atoms with Gasteiger partial charge in [0.15, 0.2) is 0 Å². The number of halogens is 1. The highest BCUT2D eigenvalue weighted by molar-refractivity contribution is 7.08. The number of hydrogen-bond acceptors (Lipinski definition) is 4. The first kappa shape index (κ1) is 22.1. The van der Waals surface area contributed by atoms with Crippen molar-refractivity contribution in [3.8, 4) is 11.3 Å². The van der Waals surface area contributed by atoms with Gasteiger partial charge in [0.05, 0.1) is 24.2 Å². The number of pyridine rings is 1. The first-order chi connectivity index (χ1) is 15.5. The Morgan fingerprint density at radius 1 is 1.12 bits per heavy atom. The first-order valence-electron chi connectivity index (χ1n) is 10.5. The maximum absolute atomic E-state index is 13.9. The molecule has 0 aliphatic heterocycles. The molecule has 4 aromatic rings. The van der Waals surface area contributed by atoms with Crippen molar-refractivity contribution in [3.05, 3.63) is 87.9 Å². The molecule has 0 atom stereocenters. The molecule has 0 bridgehead atoms. The Morgan fingerprint density at radius 2 is 1.94 bits per heavy atom. The second-order valence-electron chi connectivity index (χ2n) is 7.82. The number of thiophene rings is 1. The van der Waals surface area contributed by atoms with Crippen LogP contribution in [0.25, 0.3) is 22.2 Å². The minimum atomic E-state index is -0.319. The number of rotatable bonds is 8. The Bertz CT molecular complexity index is 1210. The van der Waals surface area contributed by atoms with Gasteiger partial charge < -0.3 is 9.64 Å². The summed E-state index contributed by atoms with van der Waals surface area (Å²) in [6.07, 6.45) is 0.347. The van der Waals surface area contributed by atoms with Gasteiger partial charge in [0.1, 0.15) is 5.82 Å². The van der Waals surface area contributed by atoms with Crippen LogP contribution in [-0.4, -0.2) is 36.1 Å². The van der Waals surface area contributed by atoms with Gasteiger partial charge >= 0.3 is 0 Å². The molecule has 0 radical (unpaired) electrons. The molecule has 0 fully saturated rings. The maximum Gasteiger partial charge on any atom is 0.227 e. The number of methoxy groups -OCH3 is 1. The summed E-state index contributed by atoms with van der Waals surface area (Å²) in [6.45, 7) is 3.36. The van der Waals surface area contributed by atoms with E-state index in [1.807, 2.05) is 59.0 Å². The number of carbonyl (C=O) groups is 1. The molecule has 164 valence electrons. The molecule has 2 aromatic heterocycles. The van der Waals surface area contributed by atoms with Crippen LogP contribution in [-0.2, 0) is 22.5 Å². The molecule has 2 heterocycles. The Hall–Kier alpha value is -3.09. The summed E-state index contributed by atoms with van der Waals surface area (Å²) in [7, 11) is 1.63. The van der Waals surface area contributed by atoms with Crippen molar-refractivity contribution >= 4 is 28.1 Å². The highest BCUT2D eigenvalue weighted by Gasteiger charge is 2.18. The first-order valence-corrected chi connectivity index (χ1v) is 11.4. The maximum atomic E-state index is 13.9. The molecule has 0 spiro atoms. The van der Waals surface area contributed by atoms with Gasteiger partial charge in [-0.2, -0.15) is 11.3 Å². The summed E-state index contributed by atoms with van der Waals surface area (Å²) in [4.78, 5) is 19.7. The van der Waals surface area contributed by atoms with Crippen molar-refractivity contribution in [1.82, 2.24) is 9.88 Å². The number of ether oxygens (including phenoxy) is 1. The fraction of sp³-hybridized carbons (Fsp3) is 0.231. The molecule has 0 unspecified atom stereocenters. The molecule has 0 saturated heterocycles. The molecule has 4 nitrogen and oxygen atoms in total. The van der Waals surface area contributed by atoms with Gasteiger partial charge in [-0.05, 0) is 53.1 Å². The third-order valence-electron chi connectivity index (χ3n) is 5.40. The molecule has 0 aliphatic rings. The van der Waals surface area contributed by atoms with E-state index in [9.17, 15) is 9.18 Å². The number of fused-ring (bicyclic) bond motifs is 1. The van der Waals surface area contributed by atoms with Crippen molar-refractivity contribution in [2.24, 2.45) is 0 Å². The average Bonchev–Trinajstić information content (AvgIpc) is 3.29. The zero-order chi connectivity index (χ0) is 22.5. The van der Waals surface area contributed by atoms with Crippen LogP contribution in [0, 0.1) is 12.7 Å². The van der Waals surface area contributed by atoms with E-state index in [4.69, 9.17) is 9.72 Å². The number of aryl methyl sites for hydroxylation is 1. The molecule has 0 aliphatic carbocycles. The van der Waals surface area contributed by atoms with Gasteiger partial charge in [0.25, 0.3) is 0 Å². The van der Waals surface area contributed by atoms with Crippen LogP contribution >= 0.6 is 11.3 Å². The number of aromatic nitrogens is 1. The van der Waals surface area contributed by atoms with Crippen LogP contribution in [0.1, 0.15) is 16.7 Å². The van der Waals surface area contributed by atoms with Gasteiger partial charge in [-0.15, -0.1) is 0 Å². The van der Waals surface area contributed by atoms with E-state index < -0.39 is 0 Å². The van der Waals surface area contributed by atoms with E-state index >= 15 is 0 Å². The Balaban J connectivity index is 1.73. The van der Waals surface area contributed by atoms with Crippen molar-refractivity contribution in [2.45, 2.75) is 19.9 Å². The van der Waals surface area contributed by atoms with Gasteiger partial charge in [0, 0.05) is 37.2 Å². The second-order valence-corrected chi connectivity index (χ2v) is 8.60. The summed E-state index contributed by atoms with van der Waals surface area (Å²) in [6, 6.07) is 16.7. The van der Waals surface area contributed by atoms with Crippen molar-refractivity contribution in [2.75, 3.05) is 20.3 Å². The average molecular weight is 449 g/mol. The van der Waals surface area contributed by atoms with E-state index in [0.717, 1.165) is 33.3 Å². The number of carbonyl (C=O) groups excluding carboxylic acids is 1. The third-order valence-corrected chi connectivity index (χ3v) is 6.13. The fourth-order valence-corrected chi connectivity index (χ4v) is 4.31. The lowest BCUT2D eigenvalue weighted by molar-refractivity contribution is -0.131. The smallest absolute Gasteiger partial charge is 0.227 e. The monoisotopic (exact) mass is 448 g/mol.